The van der Waals surface area contributed by atoms with Gasteiger partial charge in [-0.2, -0.15) is 0 Å². The van der Waals surface area contributed by atoms with Gasteiger partial charge < -0.3 is 20.1 Å². The van der Waals surface area contributed by atoms with Crippen LogP contribution in [-0.2, 0) is 19.1 Å². The summed E-state index contributed by atoms with van der Waals surface area (Å²) in [5, 5.41) is 17.8. The van der Waals surface area contributed by atoms with Crippen LogP contribution in [0.25, 0.3) is 0 Å². The molecule has 2 N–H and O–H groups in total. The van der Waals surface area contributed by atoms with Gasteiger partial charge in [-0.1, -0.05) is 0 Å². The van der Waals surface area contributed by atoms with E-state index in [2.05, 4.69) is 15.7 Å². The lowest BCUT2D eigenvalue weighted by Crippen LogP contribution is -2.60. The first kappa shape index (κ1) is 17.6. The van der Waals surface area contributed by atoms with Crippen molar-refractivity contribution in [3.05, 3.63) is 10.1 Å². The normalized spacial score (nSPS) is 16.0. The van der Waals surface area contributed by atoms with Gasteiger partial charge in [-0.05, 0) is 13.8 Å². The molecule has 11 heteroatoms. The predicted molar refractivity (Wildman–Crippen MR) is 73.9 cm³/mol. The number of ether oxygens (including phenoxy) is 2. The molecule has 1 heterocycles. The van der Waals surface area contributed by atoms with Gasteiger partial charge in [0.2, 0.25) is 0 Å². The van der Waals surface area contributed by atoms with Crippen molar-refractivity contribution in [2.24, 2.45) is 5.10 Å². The van der Waals surface area contributed by atoms with Crippen LogP contribution in [0.4, 0.5) is 0 Å². The van der Waals surface area contributed by atoms with Crippen LogP contribution in [0.5, 0.6) is 0 Å². The molecule has 1 rings (SSSR count). The minimum atomic E-state index is -0.851. The van der Waals surface area contributed by atoms with Gasteiger partial charge in [0.15, 0.2) is 5.03 Å². The van der Waals surface area contributed by atoms with Crippen molar-refractivity contribution in [2.45, 2.75) is 26.3 Å². The second-order valence-corrected chi connectivity index (χ2v) is 4.22. The number of rotatable bonds is 7. The van der Waals surface area contributed by atoms with Crippen LogP contribution >= 0.6 is 0 Å². The number of guanidine groups is 1. The fourth-order valence-electron chi connectivity index (χ4n) is 1.82. The number of hydrogen-bond acceptors (Lipinski definition) is 7. The molecule has 0 spiro atoms. The van der Waals surface area contributed by atoms with Crippen molar-refractivity contribution in [3.63, 3.8) is 0 Å². The standard InChI is InChI=1S/C11H19N5O6/c1-3-21-9(17)5-8(10(18)22-4-2)15-6-12-11(13-7-15)14-16(19)20/h8H,3-7H2,1-2H3,(H2,12,13,14)/t8-/m0/s1. The summed E-state index contributed by atoms with van der Waals surface area (Å²) in [6.07, 6.45) is -0.169. The molecule has 0 saturated carbocycles. The number of nitrogens with zero attached hydrogens (tertiary/aromatic N) is 3. The monoisotopic (exact) mass is 317 g/mol. The van der Waals surface area contributed by atoms with E-state index in [0.717, 1.165) is 0 Å². The largest absolute Gasteiger partial charge is 0.466 e. The lowest BCUT2D eigenvalue weighted by atomic mass is 10.2. The Kier molecular flexibility index (Phi) is 7.02. The van der Waals surface area contributed by atoms with Crippen molar-refractivity contribution in [1.29, 1.82) is 0 Å². The molecule has 0 aliphatic carbocycles. The van der Waals surface area contributed by atoms with E-state index in [-0.39, 0.29) is 38.9 Å². The molecule has 1 aliphatic heterocycles. The molecule has 0 aromatic rings. The Hall–Kier alpha value is -2.43. The van der Waals surface area contributed by atoms with Crippen molar-refractivity contribution in [2.75, 3.05) is 26.6 Å². The summed E-state index contributed by atoms with van der Waals surface area (Å²) in [5.74, 6) is -1.10. The minimum absolute atomic E-state index is 0.0139. The average molecular weight is 317 g/mol. The van der Waals surface area contributed by atoms with Crippen LogP contribution in [0.15, 0.2) is 5.10 Å². The summed E-state index contributed by atoms with van der Waals surface area (Å²) in [5.41, 5.74) is 0. The quantitative estimate of drug-likeness (QED) is 0.338. The number of hydrazone groups is 1. The van der Waals surface area contributed by atoms with E-state index < -0.39 is 23.0 Å². The van der Waals surface area contributed by atoms with E-state index in [4.69, 9.17) is 9.47 Å². The summed E-state index contributed by atoms with van der Waals surface area (Å²) < 4.78 is 9.78. The van der Waals surface area contributed by atoms with Gasteiger partial charge in [0.05, 0.1) is 33.0 Å². The molecule has 0 bridgehead atoms. The Morgan fingerprint density at radius 3 is 2.41 bits per heavy atom. The Balaban J connectivity index is 2.70. The van der Waals surface area contributed by atoms with Gasteiger partial charge in [-0.15, -0.1) is 0 Å². The van der Waals surface area contributed by atoms with Gasteiger partial charge in [0.1, 0.15) is 11.1 Å². The van der Waals surface area contributed by atoms with E-state index >= 15 is 0 Å². The maximum Gasteiger partial charge on any atom is 0.324 e. The van der Waals surface area contributed by atoms with E-state index in [9.17, 15) is 19.7 Å². The Morgan fingerprint density at radius 2 is 1.91 bits per heavy atom. The van der Waals surface area contributed by atoms with Crippen LogP contribution < -0.4 is 10.6 Å². The summed E-state index contributed by atoms with van der Waals surface area (Å²) in [4.78, 5) is 35.4. The predicted octanol–water partition coefficient (Wildman–Crippen LogP) is -1.17. The molecule has 1 fully saturated rings. The number of carbonyl (C=O) groups excluding carboxylic acids is 2. The van der Waals surface area contributed by atoms with Crippen molar-refractivity contribution >= 4 is 17.9 Å². The molecule has 0 aromatic heterocycles. The molecule has 0 radical (unpaired) electrons. The second-order valence-electron chi connectivity index (χ2n) is 4.22. The van der Waals surface area contributed by atoms with E-state index in [0.29, 0.717) is 0 Å². The van der Waals surface area contributed by atoms with Gasteiger partial charge in [0, 0.05) is 0 Å². The zero-order valence-corrected chi connectivity index (χ0v) is 12.4. The first-order valence-electron chi connectivity index (χ1n) is 6.75. The summed E-state index contributed by atoms with van der Waals surface area (Å²) in [6, 6.07) is -0.851. The Labute approximate surface area is 126 Å². The van der Waals surface area contributed by atoms with Crippen LogP contribution in [0, 0.1) is 10.1 Å². The van der Waals surface area contributed by atoms with Crippen molar-refractivity contribution in [3.8, 4) is 0 Å². The number of nitrogens with one attached hydrogen (secondary N) is 2. The molecule has 1 saturated heterocycles. The molecular formula is C11H19N5O6. The smallest absolute Gasteiger partial charge is 0.324 e. The van der Waals surface area contributed by atoms with Crippen molar-refractivity contribution < 1.29 is 24.1 Å². The first-order valence-corrected chi connectivity index (χ1v) is 6.75. The van der Waals surface area contributed by atoms with E-state index in [1.807, 2.05) is 0 Å². The SMILES string of the molecule is CCOC(=O)C[C@@H](C(=O)OCC)N1CNC(=N[N+](=O)[O-])NC1. The highest BCUT2D eigenvalue weighted by Crippen LogP contribution is 2.09. The first-order chi connectivity index (χ1) is 10.5. The molecular weight excluding hydrogens is 298 g/mol. The minimum Gasteiger partial charge on any atom is -0.466 e. The second kappa shape index (κ2) is 8.77. The van der Waals surface area contributed by atoms with E-state index in [1.165, 1.54) is 0 Å². The third-order valence-corrected chi connectivity index (χ3v) is 2.75. The fourth-order valence-corrected chi connectivity index (χ4v) is 1.82. The molecule has 0 unspecified atom stereocenters. The van der Waals surface area contributed by atoms with E-state index in [1.54, 1.807) is 18.7 Å². The Bertz CT molecular complexity index is 444. The summed E-state index contributed by atoms with van der Waals surface area (Å²) >= 11 is 0. The topological polar surface area (TPSA) is 135 Å². The molecule has 1 atom stereocenters. The highest BCUT2D eigenvalue weighted by atomic mass is 16.7. The van der Waals surface area contributed by atoms with Crippen LogP contribution in [0.1, 0.15) is 20.3 Å². The molecule has 0 amide bonds. The lowest BCUT2D eigenvalue weighted by molar-refractivity contribution is -0.485. The zero-order chi connectivity index (χ0) is 16.5. The van der Waals surface area contributed by atoms with Crippen LogP contribution in [0.2, 0.25) is 0 Å². The number of esters is 2. The van der Waals surface area contributed by atoms with Gasteiger partial charge in [-0.3, -0.25) is 14.5 Å². The molecule has 22 heavy (non-hydrogen) atoms. The van der Waals surface area contributed by atoms with Gasteiger partial charge in [0.25, 0.3) is 5.96 Å². The highest BCUT2D eigenvalue weighted by molar-refractivity contribution is 5.83. The van der Waals surface area contributed by atoms with Crippen molar-refractivity contribution in [1.82, 2.24) is 15.5 Å². The number of hydrogen-bond donors (Lipinski definition) is 2. The third kappa shape index (κ3) is 5.52. The van der Waals surface area contributed by atoms with Crippen LogP contribution in [-0.4, -0.2) is 60.4 Å². The van der Waals surface area contributed by atoms with Crippen LogP contribution in [0.3, 0.4) is 0 Å². The fraction of sp³-hybridized carbons (Fsp3) is 0.727. The molecule has 1 aliphatic rings. The summed E-state index contributed by atoms with van der Waals surface area (Å²) in [6.45, 7) is 3.92. The third-order valence-electron chi connectivity index (χ3n) is 2.75. The maximum atomic E-state index is 12.0. The molecule has 124 valence electrons. The Morgan fingerprint density at radius 1 is 1.32 bits per heavy atom. The average Bonchev–Trinajstić information content (AvgIpc) is 2.46. The van der Waals surface area contributed by atoms with Gasteiger partial charge in [-0.25, -0.2) is 10.1 Å². The molecule has 0 aromatic carbocycles. The highest BCUT2D eigenvalue weighted by Gasteiger charge is 2.32. The molecule has 11 nitrogen and oxygen atoms in total. The van der Waals surface area contributed by atoms with Gasteiger partial charge >= 0.3 is 11.9 Å². The number of nitro groups is 1. The summed E-state index contributed by atoms with van der Waals surface area (Å²) in [7, 11) is 0. The number of carbonyl (C=O) groups is 2. The lowest BCUT2D eigenvalue weighted by Gasteiger charge is -2.33. The maximum absolute atomic E-state index is 12.0. The zero-order valence-electron chi connectivity index (χ0n) is 12.4.